The van der Waals surface area contributed by atoms with Crippen LogP contribution in [0.5, 0.6) is 0 Å². The predicted molar refractivity (Wildman–Crippen MR) is 92.4 cm³/mol. The van der Waals surface area contributed by atoms with Crippen LogP contribution in [0.15, 0.2) is 12.5 Å². The van der Waals surface area contributed by atoms with Gasteiger partial charge < -0.3 is 0 Å². The summed E-state index contributed by atoms with van der Waals surface area (Å²) in [7, 11) is 0. The van der Waals surface area contributed by atoms with E-state index in [1.807, 2.05) is 0 Å². The number of imidazole rings is 1. The van der Waals surface area contributed by atoms with Gasteiger partial charge in [-0.3, -0.25) is 0 Å². The molecule has 0 bridgehead atoms. The molecule has 0 aliphatic carbocycles. The molecule has 0 aromatic carbocycles. The van der Waals surface area contributed by atoms with Crippen molar-refractivity contribution in [3.8, 4) is 0 Å². The molecule has 0 atom stereocenters. The summed E-state index contributed by atoms with van der Waals surface area (Å²) in [5, 5.41) is 0. The fourth-order valence-corrected chi connectivity index (χ4v) is 18.5. The number of hydrogen-bond donors (Lipinski definition) is 0. The van der Waals surface area contributed by atoms with Crippen LogP contribution in [0.3, 0.4) is 0 Å². The number of aromatic nitrogens is 2. The van der Waals surface area contributed by atoms with Crippen molar-refractivity contribution in [2.75, 3.05) is 0 Å². The van der Waals surface area contributed by atoms with Crippen LogP contribution >= 0.6 is 0 Å². The fourth-order valence-electron chi connectivity index (χ4n) is 3.11. The standard InChI is InChI=1S/C5H7N2.3C4H9.Sn/c1-2-7-4-3-6-5-7;3*1-3-4-2;/h4-5H,2H2,1H3;3*1,3-4H2,2H3;. The molecule has 3 heteroatoms. The number of unbranched alkanes of at least 4 members (excludes halogenated alkanes) is 3. The topological polar surface area (TPSA) is 17.8 Å². The molecule has 116 valence electrons. The first kappa shape index (κ1) is 18.1. The molecule has 0 spiro atoms. The van der Waals surface area contributed by atoms with E-state index in [4.69, 9.17) is 4.98 Å². The Bertz CT molecular complexity index is 338. The van der Waals surface area contributed by atoms with Crippen molar-refractivity contribution in [3.63, 3.8) is 0 Å². The molecular weight excluding hydrogens is 351 g/mol. The van der Waals surface area contributed by atoms with Gasteiger partial charge in [0.25, 0.3) is 0 Å². The summed E-state index contributed by atoms with van der Waals surface area (Å²) in [6.45, 7) is 10.3. The van der Waals surface area contributed by atoms with Gasteiger partial charge >= 0.3 is 130 Å². The third-order valence-corrected chi connectivity index (χ3v) is 19.6. The maximum atomic E-state index is 4.87. The van der Waals surface area contributed by atoms with E-state index < -0.39 is 18.4 Å². The Morgan fingerprint density at radius 2 is 1.40 bits per heavy atom. The Kier molecular flexibility index (Phi) is 8.90. The number of nitrogens with zero attached hydrogens (tertiary/aromatic N) is 2. The first-order valence-corrected chi connectivity index (χ1v) is 16.2. The van der Waals surface area contributed by atoms with Crippen LogP contribution in [0.4, 0.5) is 0 Å². The summed E-state index contributed by atoms with van der Waals surface area (Å²) < 4.78 is 8.41. The molecule has 0 amide bonds. The van der Waals surface area contributed by atoms with Crippen LogP contribution in [-0.2, 0) is 6.54 Å². The van der Waals surface area contributed by atoms with Gasteiger partial charge in [-0.2, -0.15) is 0 Å². The molecule has 20 heavy (non-hydrogen) atoms. The van der Waals surface area contributed by atoms with Crippen LogP contribution in [0, 0.1) is 0 Å². The van der Waals surface area contributed by atoms with Crippen LogP contribution in [0.1, 0.15) is 66.2 Å². The van der Waals surface area contributed by atoms with Gasteiger partial charge in [0.15, 0.2) is 0 Å². The zero-order valence-corrected chi connectivity index (χ0v) is 17.0. The van der Waals surface area contributed by atoms with Gasteiger partial charge in [-0.15, -0.1) is 0 Å². The molecule has 0 fully saturated rings. The molecule has 1 heterocycles. The Morgan fingerprint density at radius 3 is 1.75 bits per heavy atom. The number of aryl methyl sites for hydroxylation is 1. The van der Waals surface area contributed by atoms with Crippen molar-refractivity contribution in [1.29, 1.82) is 0 Å². The summed E-state index contributed by atoms with van der Waals surface area (Å²) in [4.78, 5) is 4.87. The molecule has 1 rings (SSSR count). The van der Waals surface area contributed by atoms with Crippen LogP contribution in [0.25, 0.3) is 0 Å². The summed E-state index contributed by atoms with van der Waals surface area (Å²) >= 11 is -2.23. The second-order valence-electron chi connectivity index (χ2n) is 6.18. The Hall–Kier alpha value is 0.00870. The van der Waals surface area contributed by atoms with E-state index in [1.165, 1.54) is 51.8 Å². The number of rotatable bonds is 11. The van der Waals surface area contributed by atoms with Crippen molar-refractivity contribution in [2.24, 2.45) is 0 Å². The van der Waals surface area contributed by atoms with Crippen LogP contribution in [0.2, 0.25) is 13.3 Å². The number of hydrogen-bond acceptors (Lipinski definition) is 1. The minimum atomic E-state index is -2.23. The summed E-state index contributed by atoms with van der Waals surface area (Å²) in [6, 6.07) is 0. The van der Waals surface area contributed by atoms with Gasteiger partial charge in [0, 0.05) is 0 Å². The van der Waals surface area contributed by atoms with Crippen molar-refractivity contribution in [1.82, 2.24) is 9.55 Å². The molecule has 2 nitrogen and oxygen atoms in total. The monoisotopic (exact) mass is 386 g/mol. The minimum absolute atomic E-state index is 1.06. The zero-order valence-electron chi connectivity index (χ0n) is 14.1. The molecular formula is C17H34N2Sn. The van der Waals surface area contributed by atoms with E-state index in [1.54, 1.807) is 3.71 Å². The van der Waals surface area contributed by atoms with E-state index in [9.17, 15) is 0 Å². The Labute approximate surface area is 130 Å². The predicted octanol–water partition coefficient (Wildman–Crippen LogP) is 4.96. The third kappa shape index (κ3) is 5.08. The van der Waals surface area contributed by atoms with Crippen molar-refractivity contribution >= 4 is 22.1 Å². The maximum absolute atomic E-state index is 4.87. The van der Waals surface area contributed by atoms with Gasteiger partial charge in [0.1, 0.15) is 0 Å². The van der Waals surface area contributed by atoms with Crippen molar-refractivity contribution in [3.05, 3.63) is 12.5 Å². The zero-order chi connectivity index (χ0) is 14.8. The second-order valence-corrected chi connectivity index (χ2v) is 19.2. The van der Waals surface area contributed by atoms with E-state index in [-0.39, 0.29) is 0 Å². The van der Waals surface area contributed by atoms with E-state index in [2.05, 4.69) is 44.8 Å². The quantitative estimate of drug-likeness (QED) is 0.493. The molecule has 0 aliphatic heterocycles. The van der Waals surface area contributed by atoms with Gasteiger partial charge in [-0.25, -0.2) is 0 Å². The van der Waals surface area contributed by atoms with Crippen LogP contribution < -0.4 is 3.71 Å². The van der Waals surface area contributed by atoms with E-state index >= 15 is 0 Å². The first-order chi connectivity index (χ1) is 9.72. The molecule has 1 aromatic heterocycles. The SMILES string of the molecule is CCC[CH2][Sn]([CH2]CCC)([CH2]CCC)[c]1cn(CC)cn1. The van der Waals surface area contributed by atoms with Gasteiger partial charge in [-0.05, 0) is 0 Å². The average Bonchev–Trinajstić information content (AvgIpc) is 2.96. The van der Waals surface area contributed by atoms with Crippen molar-refractivity contribution < 1.29 is 0 Å². The van der Waals surface area contributed by atoms with E-state index in [0.29, 0.717) is 0 Å². The average molecular weight is 385 g/mol. The second kappa shape index (κ2) is 9.86. The molecule has 0 unspecified atom stereocenters. The summed E-state index contributed by atoms with van der Waals surface area (Å²) in [6.07, 6.45) is 12.7. The molecule has 0 radical (unpaired) electrons. The molecule has 0 saturated carbocycles. The van der Waals surface area contributed by atoms with Crippen LogP contribution in [-0.4, -0.2) is 27.9 Å². The normalized spacial score (nSPS) is 12.0. The fraction of sp³-hybridized carbons (Fsp3) is 0.824. The molecule has 0 saturated heterocycles. The third-order valence-electron chi connectivity index (χ3n) is 4.57. The van der Waals surface area contributed by atoms with Gasteiger partial charge in [-0.1, -0.05) is 0 Å². The first-order valence-electron chi connectivity index (χ1n) is 8.74. The molecule has 0 aliphatic rings. The molecule has 0 N–H and O–H groups in total. The molecule has 1 aromatic rings. The van der Waals surface area contributed by atoms with E-state index in [0.717, 1.165) is 6.54 Å². The van der Waals surface area contributed by atoms with Gasteiger partial charge in [0.05, 0.1) is 0 Å². The Balaban J connectivity index is 2.97. The summed E-state index contributed by atoms with van der Waals surface area (Å²) in [5.74, 6) is 0. The van der Waals surface area contributed by atoms with Crippen molar-refractivity contribution in [2.45, 2.75) is 86.1 Å². The van der Waals surface area contributed by atoms with Gasteiger partial charge in [0.2, 0.25) is 0 Å². The Morgan fingerprint density at radius 1 is 0.900 bits per heavy atom. The summed E-state index contributed by atoms with van der Waals surface area (Å²) in [5.41, 5.74) is 0.